The average Bonchev–Trinajstić information content (AvgIpc) is 2.86. The number of hydrogen-bond donors (Lipinski definition) is 6. The highest BCUT2D eigenvalue weighted by atomic mass is 32.1. The van der Waals surface area contributed by atoms with Crippen LogP contribution in [0.1, 0.15) is 36.8 Å². The van der Waals surface area contributed by atoms with E-state index in [0.717, 1.165) is 25.7 Å². The van der Waals surface area contributed by atoms with Gasteiger partial charge in [0, 0.05) is 24.5 Å². The van der Waals surface area contributed by atoms with Crippen LogP contribution in [0.4, 0.5) is 11.4 Å². The van der Waals surface area contributed by atoms with Crippen LogP contribution in [0, 0.1) is 33.5 Å². The second-order valence-corrected chi connectivity index (χ2v) is 8.50. The molecule has 0 spiro atoms. The summed E-state index contributed by atoms with van der Waals surface area (Å²) < 4.78 is 0. The van der Waals surface area contributed by atoms with Crippen LogP contribution in [0.3, 0.4) is 0 Å². The minimum Gasteiger partial charge on any atom is -0.370 e. The number of thiocarbonyl (C=S) groups is 2. The molecule has 10 nitrogen and oxygen atoms in total. The molecule has 2 aromatic carbocycles. The van der Waals surface area contributed by atoms with Gasteiger partial charge in [0.15, 0.2) is 22.1 Å². The largest absolute Gasteiger partial charge is 0.370 e. The van der Waals surface area contributed by atoms with E-state index in [0.29, 0.717) is 45.8 Å². The Morgan fingerprint density at radius 1 is 0.694 bits per heavy atom. The van der Waals surface area contributed by atoms with E-state index in [-0.39, 0.29) is 11.9 Å². The van der Waals surface area contributed by atoms with E-state index in [9.17, 15) is 0 Å². The maximum absolute atomic E-state index is 8.90. The normalized spacial score (nSPS) is 9.83. The van der Waals surface area contributed by atoms with E-state index in [1.165, 1.54) is 9.80 Å². The fraction of sp³-hybridized carbons (Fsp3) is 0.250. The molecule has 0 aliphatic heterocycles. The minimum atomic E-state index is -0.150. The third-order valence-electron chi connectivity index (χ3n) is 5.12. The van der Waals surface area contributed by atoms with Crippen molar-refractivity contribution in [2.24, 2.45) is 11.5 Å². The Labute approximate surface area is 221 Å². The molecule has 0 saturated carbocycles. The van der Waals surface area contributed by atoms with Crippen LogP contribution in [0.5, 0.6) is 0 Å². The predicted octanol–water partition coefficient (Wildman–Crippen LogP) is 3.48. The third kappa shape index (κ3) is 8.83. The predicted molar refractivity (Wildman–Crippen MR) is 150 cm³/mol. The molecule has 0 bridgehead atoms. The van der Waals surface area contributed by atoms with Crippen molar-refractivity contribution in [3.63, 3.8) is 0 Å². The number of nitrogens with zero attached hydrogens (tertiary/aromatic N) is 4. The molecule has 186 valence electrons. The van der Waals surface area contributed by atoms with Gasteiger partial charge in [0.05, 0.1) is 23.3 Å². The molecule has 12 heteroatoms. The summed E-state index contributed by atoms with van der Waals surface area (Å²) in [5.41, 5.74) is 13.9. The van der Waals surface area contributed by atoms with Crippen molar-refractivity contribution in [1.82, 2.24) is 9.80 Å². The molecule has 0 amide bonds. The molecule has 0 heterocycles. The SMILES string of the molecule is N#Cc1ccc(NC(=S)N(CCCCCCN(C(=N)N)C(=S)Nc2ccc(C#N)cc2)C(=N)N)cc1. The van der Waals surface area contributed by atoms with Gasteiger partial charge in [-0.1, -0.05) is 12.8 Å². The number of rotatable bonds is 9. The Balaban J connectivity index is 1.77. The van der Waals surface area contributed by atoms with Gasteiger partial charge in [0.25, 0.3) is 0 Å². The van der Waals surface area contributed by atoms with Crippen molar-refractivity contribution in [3.8, 4) is 12.1 Å². The number of benzene rings is 2. The molecule has 0 aromatic heterocycles. The lowest BCUT2D eigenvalue weighted by atomic mass is 10.2. The fourth-order valence-electron chi connectivity index (χ4n) is 3.19. The maximum atomic E-state index is 8.90. The van der Waals surface area contributed by atoms with Crippen molar-refractivity contribution in [1.29, 1.82) is 21.3 Å². The lowest BCUT2D eigenvalue weighted by Gasteiger charge is -2.25. The number of anilines is 2. The van der Waals surface area contributed by atoms with Crippen LogP contribution >= 0.6 is 24.4 Å². The molecule has 0 aliphatic carbocycles. The Bertz CT molecular complexity index is 1070. The van der Waals surface area contributed by atoms with Crippen LogP contribution in [0.15, 0.2) is 48.5 Å². The molecule has 2 aromatic rings. The summed E-state index contributed by atoms with van der Waals surface area (Å²) >= 11 is 10.8. The zero-order valence-electron chi connectivity index (χ0n) is 19.6. The second kappa shape index (κ2) is 14.2. The molecule has 36 heavy (non-hydrogen) atoms. The second-order valence-electron chi connectivity index (χ2n) is 7.73. The monoisotopic (exact) mass is 520 g/mol. The summed E-state index contributed by atoms with van der Waals surface area (Å²) in [6.07, 6.45) is 3.21. The lowest BCUT2D eigenvalue weighted by molar-refractivity contribution is 0.504. The fourth-order valence-corrected chi connectivity index (χ4v) is 3.81. The van der Waals surface area contributed by atoms with Gasteiger partial charge in [-0.25, -0.2) is 0 Å². The van der Waals surface area contributed by atoms with Crippen molar-refractivity contribution in [2.45, 2.75) is 25.7 Å². The number of guanidine groups is 2. The molecule has 8 N–H and O–H groups in total. The molecular weight excluding hydrogens is 492 g/mol. The van der Waals surface area contributed by atoms with Gasteiger partial charge in [-0.2, -0.15) is 10.5 Å². The van der Waals surface area contributed by atoms with E-state index in [4.69, 9.17) is 57.2 Å². The summed E-state index contributed by atoms with van der Waals surface area (Å²) in [7, 11) is 0. The number of unbranched alkanes of at least 4 members (excludes halogenated alkanes) is 3. The highest BCUT2D eigenvalue weighted by molar-refractivity contribution is 7.80. The van der Waals surface area contributed by atoms with E-state index in [2.05, 4.69) is 22.8 Å². The van der Waals surface area contributed by atoms with Gasteiger partial charge < -0.3 is 22.1 Å². The number of nitriles is 2. The Morgan fingerprint density at radius 3 is 1.31 bits per heavy atom. The van der Waals surface area contributed by atoms with Crippen LogP contribution in [0.2, 0.25) is 0 Å². The maximum Gasteiger partial charge on any atom is 0.194 e. The summed E-state index contributed by atoms with van der Waals surface area (Å²) in [5, 5.41) is 40.2. The first-order chi connectivity index (χ1) is 17.2. The molecule has 0 fully saturated rings. The van der Waals surface area contributed by atoms with Gasteiger partial charge >= 0.3 is 0 Å². The minimum absolute atomic E-state index is 0.150. The molecular formula is C24H28N10S2. The van der Waals surface area contributed by atoms with Gasteiger partial charge in [0.2, 0.25) is 0 Å². The zero-order valence-corrected chi connectivity index (χ0v) is 21.3. The summed E-state index contributed by atoms with van der Waals surface area (Å²) in [5.74, 6) is -0.300. The van der Waals surface area contributed by atoms with E-state index < -0.39 is 0 Å². The molecule has 0 saturated heterocycles. The van der Waals surface area contributed by atoms with Gasteiger partial charge in [-0.15, -0.1) is 0 Å². The van der Waals surface area contributed by atoms with Crippen molar-refractivity contribution < 1.29 is 0 Å². The van der Waals surface area contributed by atoms with Crippen LogP contribution in [-0.2, 0) is 0 Å². The highest BCUT2D eigenvalue weighted by Crippen LogP contribution is 2.12. The smallest absolute Gasteiger partial charge is 0.194 e. The lowest BCUT2D eigenvalue weighted by Crippen LogP contribution is -2.44. The third-order valence-corrected chi connectivity index (χ3v) is 5.76. The van der Waals surface area contributed by atoms with Crippen molar-refractivity contribution >= 4 is 58.0 Å². The van der Waals surface area contributed by atoms with Crippen LogP contribution < -0.4 is 22.1 Å². The molecule has 2 rings (SSSR count). The number of hydrogen-bond acceptors (Lipinski definition) is 6. The van der Waals surface area contributed by atoms with E-state index >= 15 is 0 Å². The number of nitrogens with two attached hydrogens (primary N) is 2. The van der Waals surface area contributed by atoms with Crippen LogP contribution in [-0.4, -0.2) is 45.0 Å². The molecule has 0 atom stereocenters. The zero-order chi connectivity index (χ0) is 26.5. The first-order valence-electron chi connectivity index (χ1n) is 11.1. The molecule has 0 unspecified atom stereocenters. The average molecular weight is 521 g/mol. The summed E-state index contributed by atoms with van der Waals surface area (Å²) in [6.45, 7) is 0.957. The van der Waals surface area contributed by atoms with Gasteiger partial charge in [-0.3, -0.25) is 20.6 Å². The van der Waals surface area contributed by atoms with E-state index in [1.54, 1.807) is 48.5 Å². The first kappa shape index (κ1) is 28.0. The highest BCUT2D eigenvalue weighted by Gasteiger charge is 2.14. The molecule has 0 radical (unpaired) electrons. The number of nitrogens with one attached hydrogen (secondary N) is 4. The topological polar surface area (TPSA) is 178 Å². The Kier molecular flexibility index (Phi) is 11.0. The quantitative estimate of drug-likeness (QED) is 0.124. The van der Waals surface area contributed by atoms with Crippen molar-refractivity contribution in [3.05, 3.63) is 59.7 Å². The van der Waals surface area contributed by atoms with Crippen LogP contribution in [0.25, 0.3) is 0 Å². The molecule has 0 aliphatic rings. The Morgan fingerprint density at radius 2 is 1.03 bits per heavy atom. The summed E-state index contributed by atoms with van der Waals surface area (Å²) in [6, 6.07) is 17.8. The van der Waals surface area contributed by atoms with Gasteiger partial charge in [-0.05, 0) is 85.8 Å². The van der Waals surface area contributed by atoms with Gasteiger partial charge in [0.1, 0.15) is 0 Å². The van der Waals surface area contributed by atoms with E-state index in [1.807, 2.05) is 0 Å². The first-order valence-corrected chi connectivity index (χ1v) is 11.9. The Hall–Kier alpha value is -4.26. The summed E-state index contributed by atoms with van der Waals surface area (Å²) in [4.78, 5) is 3.04. The standard InChI is InChI=1S/C24H28N10S2/c25-15-17-5-9-19(10-6-17)31-23(35)33(21(27)28)13-3-1-2-4-14-34(22(29)30)24(36)32-20-11-7-18(16-26)8-12-20/h5-12H,1-4,13-14H2,(H3,27,28)(H3,29,30)(H,31,35)(H,32,36). The van der Waals surface area contributed by atoms with Crippen molar-refractivity contribution in [2.75, 3.05) is 23.7 Å².